The zero-order valence-electron chi connectivity index (χ0n) is 17.7. The Kier molecular flexibility index (Phi) is 6.40. The third kappa shape index (κ3) is 4.86. The quantitative estimate of drug-likeness (QED) is 0.574. The van der Waals surface area contributed by atoms with E-state index in [0.717, 1.165) is 5.69 Å². The summed E-state index contributed by atoms with van der Waals surface area (Å²) in [5.74, 6) is -1.17. The van der Waals surface area contributed by atoms with Crippen LogP contribution in [0, 0.1) is 11.3 Å². The number of nitriles is 1. The first kappa shape index (κ1) is 22.8. The van der Waals surface area contributed by atoms with E-state index in [-0.39, 0.29) is 24.3 Å². The Morgan fingerprint density at radius 2 is 2.03 bits per heavy atom. The number of ether oxygens (including phenoxy) is 1. The van der Waals surface area contributed by atoms with Crippen LogP contribution in [-0.2, 0) is 19.6 Å². The largest absolute Gasteiger partial charge is 0.449 e. The number of anilines is 2. The number of hydrogen-bond donors (Lipinski definition) is 0. The molecule has 33 heavy (non-hydrogen) atoms. The van der Waals surface area contributed by atoms with Crippen molar-refractivity contribution in [3.8, 4) is 6.07 Å². The fourth-order valence-corrected chi connectivity index (χ4v) is 5.79. The molecule has 0 bridgehead atoms. The number of benzene rings is 2. The molecule has 0 aliphatic carbocycles. The Morgan fingerprint density at radius 3 is 2.76 bits per heavy atom. The number of carbonyl (C=O) groups is 2. The number of thioether (sulfide) groups is 1. The van der Waals surface area contributed by atoms with E-state index < -0.39 is 28.0 Å². The average Bonchev–Trinajstić information content (AvgIpc) is 3.15. The van der Waals surface area contributed by atoms with Crippen LogP contribution in [-0.4, -0.2) is 50.4 Å². The Labute approximate surface area is 195 Å². The van der Waals surface area contributed by atoms with Crippen molar-refractivity contribution in [2.75, 3.05) is 28.6 Å². The Hall–Kier alpha value is -3.36. The second kappa shape index (κ2) is 9.25. The van der Waals surface area contributed by atoms with Crippen molar-refractivity contribution in [1.82, 2.24) is 0 Å². The number of rotatable bonds is 6. The van der Waals surface area contributed by atoms with Gasteiger partial charge in [-0.15, -0.1) is 4.40 Å². The van der Waals surface area contributed by atoms with E-state index in [0.29, 0.717) is 22.3 Å². The molecule has 1 amide bonds. The highest BCUT2D eigenvalue weighted by atomic mass is 32.2. The van der Waals surface area contributed by atoms with Crippen LogP contribution in [0.1, 0.15) is 23.7 Å². The standard InChI is InChI=1S/C22H20N4O5S2/c1-15(20(27)25(11-5-10-23)17-6-3-2-4-7-17)31-21(28)16-8-9-18-19(14-16)32-22-24-33(29,30)13-12-26(18)22/h2-4,6-9,14-15H,5,11-13H2,1H3/t15-/m1/s1. The molecule has 170 valence electrons. The van der Waals surface area contributed by atoms with Gasteiger partial charge in [0.1, 0.15) is 0 Å². The molecule has 2 aliphatic heterocycles. The lowest BCUT2D eigenvalue weighted by Crippen LogP contribution is -2.40. The molecule has 0 unspecified atom stereocenters. The summed E-state index contributed by atoms with van der Waals surface area (Å²) in [6, 6.07) is 15.8. The van der Waals surface area contributed by atoms with Gasteiger partial charge in [0.05, 0.1) is 29.5 Å². The predicted octanol–water partition coefficient (Wildman–Crippen LogP) is 2.79. The van der Waals surface area contributed by atoms with Crippen molar-refractivity contribution in [1.29, 1.82) is 5.26 Å². The van der Waals surface area contributed by atoms with Crippen molar-refractivity contribution in [3.63, 3.8) is 0 Å². The monoisotopic (exact) mass is 484 g/mol. The van der Waals surface area contributed by atoms with E-state index >= 15 is 0 Å². The van der Waals surface area contributed by atoms with Crippen LogP contribution in [0.5, 0.6) is 0 Å². The Balaban J connectivity index is 1.49. The highest BCUT2D eigenvalue weighted by molar-refractivity contribution is 8.15. The van der Waals surface area contributed by atoms with Gasteiger partial charge in [0.25, 0.3) is 15.9 Å². The topological polar surface area (TPSA) is 120 Å². The first-order chi connectivity index (χ1) is 15.8. The molecule has 2 aromatic carbocycles. The van der Waals surface area contributed by atoms with Crippen molar-refractivity contribution in [2.24, 2.45) is 4.40 Å². The molecule has 1 atom stereocenters. The number of sulfonamides is 1. The maximum atomic E-state index is 13.0. The van der Waals surface area contributed by atoms with Crippen molar-refractivity contribution in [2.45, 2.75) is 24.3 Å². The lowest BCUT2D eigenvalue weighted by molar-refractivity contribution is -0.126. The number of carbonyl (C=O) groups excluding carboxylic acids is 2. The van der Waals surface area contributed by atoms with E-state index in [2.05, 4.69) is 4.40 Å². The molecule has 0 radical (unpaired) electrons. The molecule has 2 aliphatic rings. The van der Waals surface area contributed by atoms with Crippen LogP contribution < -0.4 is 9.80 Å². The minimum Gasteiger partial charge on any atom is -0.449 e. The summed E-state index contributed by atoms with van der Waals surface area (Å²) in [5, 5.41) is 9.30. The van der Waals surface area contributed by atoms with E-state index in [1.165, 1.54) is 23.6 Å². The lowest BCUT2D eigenvalue weighted by atomic mass is 10.2. The van der Waals surface area contributed by atoms with Gasteiger partial charge < -0.3 is 14.5 Å². The highest BCUT2D eigenvalue weighted by Gasteiger charge is 2.34. The number of esters is 1. The highest BCUT2D eigenvalue weighted by Crippen LogP contribution is 2.42. The van der Waals surface area contributed by atoms with E-state index in [1.54, 1.807) is 47.4 Å². The SMILES string of the molecule is C[C@@H](OC(=O)c1ccc2c(c1)SC1=NS(=O)(=O)CCN12)C(=O)N(CCC#N)c1ccccc1. The van der Waals surface area contributed by atoms with Crippen LogP contribution >= 0.6 is 11.8 Å². The molecule has 2 heterocycles. The smallest absolute Gasteiger partial charge is 0.338 e. The minimum atomic E-state index is -3.47. The van der Waals surface area contributed by atoms with Gasteiger partial charge in [-0.2, -0.15) is 5.26 Å². The van der Waals surface area contributed by atoms with Crippen molar-refractivity contribution < 1.29 is 22.7 Å². The molecule has 0 saturated carbocycles. The molecular weight excluding hydrogens is 464 g/mol. The summed E-state index contributed by atoms with van der Waals surface area (Å²) in [6.45, 7) is 1.97. The minimum absolute atomic E-state index is 0.0658. The third-order valence-electron chi connectivity index (χ3n) is 5.12. The Bertz CT molecular complexity index is 1270. The third-order valence-corrected chi connectivity index (χ3v) is 7.43. The number of amides is 1. The van der Waals surface area contributed by atoms with Crippen LogP contribution in [0.15, 0.2) is 57.8 Å². The zero-order valence-corrected chi connectivity index (χ0v) is 19.3. The summed E-state index contributed by atoms with van der Waals surface area (Å²) in [5.41, 5.74) is 1.63. The normalized spacial score (nSPS) is 16.6. The first-order valence-electron chi connectivity index (χ1n) is 10.2. The van der Waals surface area contributed by atoms with Gasteiger partial charge in [-0.05, 0) is 49.0 Å². The van der Waals surface area contributed by atoms with Gasteiger partial charge in [0, 0.05) is 23.7 Å². The number of amidine groups is 1. The first-order valence-corrected chi connectivity index (χ1v) is 12.6. The van der Waals surface area contributed by atoms with Gasteiger partial charge in [0.2, 0.25) is 0 Å². The summed E-state index contributed by atoms with van der Waals surface area (Å²) < 4.78 is 32.8. The summed E-state index contributed by atoms with van der Waals surface area (Å²) in [4.78, 5) is 29.7. The molecule has 0 fully saturated rings. The fourth-order valence-electron chi connectivity index (χ4n) is 3.49. The number of nitrogens with zero attached hydrogens (tertiary/aromatic N) is 4. The predicted molar refractivity (Wildman–Crippen MR) is 125 cm³/mol. The molecule has 4 rings (SSSR count). The van der Waals surface area contributed by atoms with Gasteiger partial charge in [-0.1, -0.05) is 18.2 Å². The molecule has 0 spiro atoms. The van der Waals surface area contributed by atoms with Crippen molar-refractivity contribution >= 4 is 50.2 Å². The number of fused-ring (bicyclic) bond motifs is 3. The maximum absolute atomic E-state index is 13.0. The van der Waals surface area contributed by atoms with Gasteiger partial charge >= 0.3 is 5.97 Å². The second-order valence-electron chi connectivity index (χ2n) is 7.38. The van der Waals surface area contributed by atoms with Gasteiger partial charge in [0.15, 0.2) is 11.3 Å². The van der Waals surface area contributed by atoms with Gasteiger partial charge in [-0.3, -0.25) is 4.79 Å². The molecule has 2 aromatic rings. The van der Waals surface area contributed by atoms with Crippen LogP contribution in [0.25, 0.3) is 0 Å². The van der Waals surface area contributed by atoms with Crippen LogP contribution in [0.2, 0.25) is 0 Å². The van der Waals surface area contributed by atoms with E-state index in [4.69, 9.17) is 10.00 Å². The molecule has 0 saturated heterocycles. The van der Waals surface area contributed by atoms with Crippen molar-refractivity contribution in [3.05, 3.63) is 54.1 Å². The average molecular weight is 485 g/mol. The van der Waals surface area contributed by atoms with Gasteiger partial charge in [-0.25, -0.2) is 13.2 Å². The second-order valence-corrected chi connectivity index (χ2v) is 10.1. The molecule has 0 aromatic heterocycles. The zero-order chi connectivity index (χ0) is 23.6. The Morgan fingerprint density at radius 1 is 1.27 bits per heavy atom. The molecule has 11 heteroatoms. The lowest BCUT2D eigenvalue weighted by Gasteiger charge is -2.25. The number of hydrogen-bond acceptors (Lipinski definition) is 8. The van der Waals surface area contributed by atoms with E-state index in [9.17, 15) is 18.0 Å². The summed E-state index contributed by atoms with van der Waals surface area (Å²) in [6.07, 6.45) is -0.933. The maximum Gasteiger partial charge on any atom is 0.338 e. The number of para-hydroxylation sites is 1. The fraction of sp³-hybridized carbons (Fsp3) is 0.273. The molecule has 0 N–H and O–H groups in total. The van der Waals surface area contributed by atoms with Crippen LogP contribution in [0.3, 0.4) is 0 Å². The summed E-state index contributed by atoms with van der Waals surface area (Å²) >= 11 is 1.17. The molecular formula is C22H20N4O5S2. The summed E-state index contributed by atoms with van der Waals surface area (Å²) in [7, 11) is -3.47. The van der Waals surface area contributed by atoms with Crippen LogP contribution in [0.4, 0.5) is 11.4 Å². The van der Waals surface area contributed by atoms with E-state index in [1.807, 2.05) is 12.1 Å². The molecule has 9 nitrogen and oxygen atoms in total.